The number of nitro benzene ring substituents is 1. The lowest BCUT2D eigenvalue weighted by Crippen LogP contribution is -2.40. The van der Waals surface area contributed by atoms with E-state index in [9.17, 15) is 19.6 Å². The van der Waals surface area contributed by atoms with Gasteiger partial charge >= 0.3 is 5.69 Å². The van der Waals surface area contributed by atoms with Crippen molar-refractivity contribution in [3.8, 4) is 0 Å². The Morgan fingerprint density at radius 2 is 2.14 bits per heavy atom. The average molecular weight is 296 g/mol. The fraction of sp³-hybridized carbons (Fsp3) is 0.600. The molecule has 2 N–H and O–H groups in total. The van der Waals surface area contributed by atoms with Crippen molar-refractivity contribution in [2.75, 3.05) is 11.9 Å². The van der Waals surface area contributed by atoms with E-state index in [4.69, 9.17) is 0 Å². The van der Waals surface area contributed by atoms with Gasteiger partial charge in [-0.05, 0) is 43.7 Å². The van der Waals surface area contributed by atoms with Crippen LogP contribution in [0.1, 0.15) is 39.0 Å². The van der Waals surface area contributed by atoms with Crippen LogP contribution in [0, 0.1) is 21.8 Å². The van der Waals surface area contributed by atoms with Crippen LogP contribution in [0.4, 0.5) is 15.8 Å². The fourth-order valence-electron chi connectivity index (χ4n) is 2.90. The van der Waals surface area contributed by atoms with Crippen molar-refractivity contribution in [1.82, 2.24) is 0 Å². The van der Waals surface area contributed by atoms with Crippen molar-refractivity contribution in [3.05, 3.63) is 34.1 Å². The van der Waals surface area contributed by atoms with E-state index in [-0.39, 0.29) is 12.2 Å². The maximum atomic E-state index is 13.5. The summed E-state index contributed by atoms with van der Waals surface area (Å²) in [6, 6.07) is 3.94. The number of para-hydroxylation sites is 1. The lowest BCUT2D eigenvalue weighted by Gasteiger charge is -2.36. The summed E-state index contributed by atoms with van der Waals surface area (Å²) in [5, 5.41) is 24.3. The second-order valence-corrected chi connectivity index (χ2v) is 5.82. The van der Waals surface area contributed by atoms with Crippen LogP contribution in [0.3, 0.4) is 0 Å². The number of nitrogens with one attached hydrogen (secondary N) is 1. The zero-order chi connectivity index (χ0) is 15.5. The number of nitrogens with zero attached hydrogens (tertiary/aromatic N) is 1. The molecule has 0 bridgehead atoms. The fourth-order valence-corrected chi connectivity index (χ4v) is 2.90. The molecular formula is C15H21FN2O3. The Hall–Kier alpha value is -1.69. The lowest BCUT2D eigenvalue weighted by molar-refractivity contribution is -0.386. The van der Waals surface area contributed by atoms with E-state index in [1.54, 1.807) is 0 Å². The molecule has 0 saturated heterocycles. The first-order valence-corrected chi connectivity index (χ1v) is 7.34. The molecule has 1 aromatic carbocycles. The highest BCUT2D eigenvalue weighted by Crippen LogP contribution is 2.35. The summed E-state index contributed by atoms with van der Waals surface area (Å²) >= 11 is 0. The number of anilines is 1. The predicted octanol–water partition coefficient (Wildman–Crippen LogP) is 3.48. The quantitative estimate of drug-likeness (QED) is 0.644. The lowest BCUT2D eigenvalue weighted by atomic mass is 9.78. The van der Waals surface area contributed by atoms with Crippen LogP contribution in [-0.4, -0.2) is 22.2 Å². The minimum atomic E-state index is -0.869. The monoisotopic (exact) mass is 296 g/mol. The molecule has 116 valence electrons. The first kappa shape index (κ1) is 15.7. The van der Waals surface area contributed by atoms with Crippen LogP contribution in [0.2, 0.25) is 0 Å². The van der Waals surface area contributed by atoms with Gasteiger partial charge in [-0.25, -0.2) is 0 Å². The SMILES string of the molecule is CCC1CCC(O)(CNc2cccc(F)c2[N+](=O)[O-])CC1. The molecule has 6 heteroatoms. The smallest absolute Gasteiger partial charge is 0.327 e. The van der Waals surface area contributed by atoms with E-state index in [2.05, 4.69) is 12.2 Å². The van der Waals surface area contributed by atoms with Gasteiger partial charge in [0.2, 0.25) is 5.82 Å². The van der Waals surface area contributed by atoms with Crippen molar-refractivity contribution < 1.29 is 14.4 Å². The largest absolute Gasteiger partial charge is 0.388 e. The van der Waals surface area contributed by atoms with Crippen LogP contribution in [0.15, 0.2) is 18.2 Å². The average Bonchev–Trinajstić information content (AvgIpc) is 2.46. The van der Waals surface area contributed by atoms with E-state index >= 15 is 0 Å². The highest BCUT2D eigenvalue weighted by Gasteiger charge is 2.33. The van der Waals surface area contributed by atoms with E-state index in [1.165, 1.54) is 12.1 Å². The van der Waals surface area contributed by atoms with E-state index in [1.807, 2.05) is 0 Å². The van der Waals surface area contributed by atoms with Gasteiger partial charge in [-0.15, -0.1) is 0 Å². The zero-order valence-electron chi connectivity index (χ0n) is 12.1. The molecule has 0 heterocycles. The molecule has 0 amide bonds. The van der Waals surface area contributed by atoms with Crippen molar-refractivity contribution in [1.29, 1.82) is 0 Å². The molecule has 0 spiro atoms. The second-order valence-electron chi connectivity index (χ2n) is 5.82. The molecule has 0 aromatic heterocycles. The number of nitro groups is 1. The molecule has 0 aliphatic heterocycles. The van der Waals surface area contributed by atoms with Gasteiger partial charge in [-0.3, -0.25) is 10.1 Å². The first-order valence-electron chi connectivity index (χ1n) is 7.34. The van der Waals surface area contributed by atoms with Crippen molar-refractivity contribution in [2.24, 2.45) is 5.92 Å². The molecule has 1 aliphatic rings. The van der Waals surface area contributed by atoms with Crippen LogP contribution in [-0.2, 0) is 0 Å². The van der Waals surface area contributed by atoms with E-state index in [0.717, 1.165) is 25.3 Å². The van der Waals surface area contributed by atoms with Gasteiger partial charge in [0.15, 0.2) is 0 Å². The highest BCUT2D eigenvalue weighted by molar-refractivity contribution is 5.62. The summed E-state index contributed by atoms with van der Waals surface area (Å²) in [6.07, 6.45) is 4.36. The summed E-state index contributed by atoms with van der Waals surface area (Å²) < 4.78 is 13.5. The minimum Gasteiger partial charge on any atom is -0.388 e. The Bertz CT molecular complexity index is 514. The summed E-state index contributed by atoms with van der Waals surface area (Å²) in [4.78, 5) is 10.2. The Labute approximate surface area is 123 Å². The maximum absolute atomic E-state index is 13.5. The van der Waals surface area contributed by atoms with Gasteiger partial charge in [0.25, 0.3) is 0 Å². The van der Waals surface area contributed by atoms with Gasteiger partial charge in [0.05, 0.1) is 10.5 Å². The molecule has 1 fully saturated rings. The number of rotatable bonds is 5. The first-order chi connectivity index (χ1) is 9.95. The third-order valence-electron chi connectivity index (χ3n) is 4.39. The number of hydrogen-bond donors (Lipinski definition) is 2. The molecule has 0 atom stereocenters. The van der Waals surface area contributed by atoms with Gasteiger partial charge in [0.1, 0.15) is 5.69 Å². The summed E-state index contributed by atoms with van der Waals surface area (Å²) in [5.41, 5.74) is -1.32. The van der Waals surface area contributed by atoms with E-state index in [0.29, 0.717) is 18.8 Å². The minimum absolute atomic E-state index is 0.117. The molecule has 0 radical (unpaired) electrons. The van der Waals surface area contributed by atoms with Crippen LogP contribution >= 0.6 is 0 Å². The van der Waals surface area contributed by atoms with Crippen molar-refractivity contribution >= 4 is 11.4 Å². The van der Waals surface area contributed by atoms with Crippen LogP contribution in [0.5, 0.6) is 0 Å². The van der Waals surface area contributed by atoms with Crippen molar-refractivity contribution in [3.63, 3.8) is 0 Å². The molecule has 5 nitrogen and oxygen atoms in total. The maximum Gasteiger partial charge on any atom is 0.327 e. The summed E-state index contributed by atoms with van der Waals surface area (Å²) in [6.45, 7) is 2.34. The van der Waals surface area contributed by atoms with Gasteiger partial charge < -0.3 is 10.4 Å². The molecular weight excluding hydrogens is 275 g/mol. The predicted molar refractivity (Wildman–Crippen MR) is 78.7 cm³/mol. The Morgan fingerprint density at radius 3 is 2.71 bits per heavy atom. The second kappa shape index (κ2) is 6.39. The Kier molecular flexibility index (Phi) is 4.77. The number of aliphatic hydroxyl groups is 1. The summed E-state index contributed by atoms with van der Waals surface area (Å²) in [5.74, 6) is -0.222. The van der Waals surface area contributed by atoms with Crippen molar-refractivity contribution in [2.45, 2.75) is 44.6 Å². The molecule has 0 unspecified atom stereocenters. The van der Waals surface area contributed by atoms with Gasteiger partial charge in [-0.2, -0.15) is 4.39 Å². The summed E-state index contributed by atoms with van der Waals surface area (Å²) in [7, 11) is 0. The van der Waals surface area contributed by atoms with Gasteiger partial charge in [-0.1, -0.05) is 19.4 Å². The molecule has 1 saturated carbocycles. The molecule has 2 rings (SSSR count). The zero-order valence-corrected chi connectivity index (χ0v) is 12.1. The Balaban J connectivity index is 2.04. The molecule has 21 heavy (non-hydrogen) atoms. The van der Waals surface area contributed by atoms with Gasteiger partial charge in [0, 0.05) is 6.54 Å². The number of benzene rings is 1. The number of hydrogen-bond acceptors (Lipinski definition) is 4. The highest BCUT2D eigenvalue weighted by atomic mass is 19.1. The number of halogens is 1. The van der Waals surface area contributed by atoms with Crippen LogP contribution in [0.25, 0.3) is 0 Å². The standard InChI is InChI=1S/C15H21FN2O3/c1-2-11-6-8-15(19,9-7-11)10-17-13-5-3-4-12(16)14(13)18(20)21/h3-5,11,17,19H,2,6-10H2,1H3. The molecule has 1 aliphatic carbocycles. The normalized spacial score (nSPS) is 25.6. The van der Waals surface area contributed by atoms with Crippen LogP contribution < -0.4 is 5.32 Å². The van der Waals surface area contributed by atoms with E-state index < -0.39 is 22.0 Å². The topological polar surface area (TPSA) is 75.4 Å². The third kappa shape index (κ3) is 3.69. The third-order valence-corrected chi connectivity index (χ3v) is 4.39. The Morgan fingerprint density at radius 1 is 1.48 bits per heavy atom. The molecule has 1 aromatic rings.